The lowest BCUT2D eigenvalue weighted by molar-refractivity contribution is -0.137. The standard InChI is InChI=1S/C26H23N3O5/c1-34-23-13-12-18(17-8-4-2-5-9-17)14-20(23)21(16-25(31)32)27-26(33)22-15-24(30)29(28-22)19-10-6-3-7-11-19/h2-15,21,28H,16H2,1H3,(H,27,33)(H,31,32). The van der Waals surface area contributed by atoms with Crippen LogP contribution in [0.1, 0.15) is 28.5 Å². The summed E-state index contributed by atoms with van der Waals surface area (Å²) in [5, 5.41) is 15.1. The van der Waals surface area contributed by atoms with E-state index in [0.29, 0.717) is 17.0 Å². The van der Waals surface area contributed by atoms with Crippen LogP contribution in [0.4, 0.5) is 0 Å². The number of hydrogen-bond donors (Lipinski definition) is 3. The Morgan fingerprint density at radius 1 is 0.971 bits per heavy atom. The van der Waals surface area contributed by atoms with Crippen LogP contribution in [0.15, 0.2) is 89.7 Å². The van der Waals surface area contributed by atoms with Crippen molar-refractivity contribution < 1.29 is 19.4 Å². The lowest BCUT2D eigenvalue weighted by Gasteiger charge is -2.21. The Balaban J connectivity index is 1.68. The predicted molar refractivity (Wildman–Crippen MR) is 127 cm³/mol. The number of nitrogens with one attached hydrogen (secondary N) is 2. The Kier molecular flexibility index (Phi) is 6.59. The number of hydrogen-bond acceptors (Lipinski definition) is 4. The van der Waals surface area contributed by atoms with Crippen LogP contribution in [0, 0.1) is 0 Å². The molecule has 4 aromatic rings. The molecule has 0 saturated heterocycles. The second-order valence-electron chi connectivity index (χ2n) is 7.63. The van der Waals surface area contributed by atoms with Gasteiger partial charge in [-0.2, -0.15) is 0 Å². The molecule has 172 valence electrons. The van der Waals surface area contributed by atoms with Crippen molar-refractivity contribution in [2.24, 2.45) is 0 Å². The first-order valence-corrected chi connectivity index (χ1v) is 10.6. The van der Waals surface area contributed by atoms with Crippen molar-refractivity contribution in [3.05, 3.63) is 107 Å². The van der Waals surface area contributed by atoms with Gasteiger partial charge in [0, 0.05) is 11.6 Å². The molecule has 1 heterocycles. The fourth-order valence-corrected chi connectivity index (χ4v) is 3.75. The molecule has 0 spiro atoms. The molecule has 0 bridgehead atoms. The summed E-state index contributed by atoms with van der Waals surface area (Å²) in [6, 6.07) is 24.1. The molecule has 1 aromatic heterocycles. The maximum Gasteiger partial charge on any atom is 0.305 e. The number of H-pyrrole nitrogens is 1. The number of methoxy groups -OCH3 is 1. The maximum absolute atomic E-state index is 13.0. The number of carboxylic acids is 1. The summed E-state index contributed by atoms with van der Waals surface area (Å²) >= 11 is 0. The normalized spacial score (nSPS) is 11.6. The monoisotopic (exact) mass is 457 g/mol. The van der Waals surface area contributed by atoms with Gasteiger partial charge in [0.05, 0.1) is 25.3 Å². The summed E-state index contributed by atoms with van der Waals surface area (Å²) in [5.74, 6) is -1.25. The first-order valence-electron chi connectivity index (χ1n) is 10.6. The average Bonchev–Trinajstić information content (AvgIpc) is 3.25. The first kappa shape index (κ1) is 22.6. The third-order valence-electron chi connectivity index (χ3n) is 5.38. The SMILES string of the molecule is COc1ccc(-c2ccccc2)cc1C(CC(=O)O)NC(=O)c1cc(=O)n(-c2ccccc2)[nH]1. The zero-order valence-electron chi connectivity index (χ0n) is 18.4. The van der Waals surface area contributed by atoms with Crippen LogP contribution >= 0.6 is 0 Å². The molecule has 0 aliphatic heterocycles. The quantitative estimate of drug-likeness (QED) is 0.373. The molecule has 1 unspecified atom stereocenters. The van der Waals surface area contributed by atoms with Gasteiger partial charge >= 0.3 is 5.97 Å². The predicted octanol–water partition coefficient (Wildman–Crippen LogP) is 3.79. The lowest BCUT2D eigenvalue weighted by Crippen LogP contribution is -2.31. The van der Waals surface area contributed by atoms with E-state index < -0.39 is 23.5 Å². The molecular weight excluding hydrogens is 434 g/mol. The molecule has 0 radical (unpaired) electrons. The maximum atomic E-state index is 13.0. The Morgan fingerprint density at radius 2 is 1.65 bits per heavy atom. The third kappa shape index (κ3) is 4.91. The van der Waals surface area contributed by atoms with Crippen LogP contribution < -0.4 is 15.6 Å². The number of aromatic amines is 1. The second-order valence-corrected chi connectivity index (χ2v) is 7.63. The average molecular weight is 457 g/mol. The van der Waals surface area contributed by atoms with Crippen molar-refractivity contribution in [3.8, 4) is 22.6 Å². The third-order valence-corrected chi connectivity index (χ3v) is 5.38. The molecule has 1 atom stereocenters. The zero-order chi connectivity index (χ0) is 24.1. The molecule has 0 aliphatic carbocycles. The van der Waals surface area contributed by atoms with Crippen molar-refractivity contribution in [2.75, 3.05) is 7.11 Å². The second kappa shape index (κ2) is 9.91. The van der Waals surface area contributed by atoms with E-state index in [1.165, 1.54) is 17.9 Å². The number of carbonyl (C=O) groups excluding carboxylic acids is 1. The number of nitrogens with zero attached hydrogens (tertiary/aromatic N) is 1. The van der Waals surface area contributed by atoms with E-state index in [1.54, 1.807) is 36.4 Å². The minimum absolute atomic E-state index is 0.0161. The number of ether oxygens (including phenoxy) is 1. The molecule has 8 nitrogen and oxygen atoms in total. The van der Waals surface area contributed by atoms with Crippen LogP contribution in [0.25, 0.3) is 16.8 Å². The van der Waals surface area contributed by atoms with Crippen LogP contribution in [-0.2, 0) is 4.79 Å². The number of benzene rings is 3. The molecule has 0 fully saturated rings. The Bertz CT molecular complexity index is 1360. The van der Waals surface area contributed by atoms with Crippen molar-refractivity contribution in [1.29, 1.82) is 0 Å². The molecule has 3 aromatic carbocycles. The van der Waals surface area contributed by atoms with Gasteiger partial charge in [0.25, 0.3) is 11.5 Å². The summed E-state index contributed by atoms with van der Waals surface area (Å²) in [6.45, 7) is 0. The van der Waals surface area contributed by atoms with E-state index in [4.69, 9.17) is 4.74 Å². The van der Waals surface area contributed by atoms with Crippen molar-refractivity contribution in [2.45, 2.75) is 12.5 Å². The van der Waals surface area contributed by atoms with Crippen molar-refractivity contribution in [3.63, 3.8) is 0 Å². The fourth-order valence-electron chi connectivity index (χ4n) is 3.75. The Labute approximate surface area is 195 Å². The highest BCUT2D eigenvalue weighted by molar-refractivity contribution is 5.93. The Hall–Kier alpha value is -4.59. The summed E-state index contributed by atoms with van der Waals surface area (Å²) < 4.78 is 6.71. The summed E-state index contributed by atoms with van der Waals surface area (Å²) in [6.07, 6.45) is -0.371. The van der Waals surface area contributed by atoms with Crippen LogP contribution in [0.5, 0.6) is 5.75 Å². The number of amides is 1. The molecular formula is C26H23N3O5. The van der Waals surface area contributed by atoms with E-state index >= 15 is 0 Å². The molecule has 8 heteroatoms. The largest absolute Gasteiger partial charge is 0.496 e. The lowest BCUT2D eigenvalue weighted by atomic mass is 9.96. The van der Waals surface area contributed by atoms with Gasteiger partial charge in [0.15, 0.2) is 0 Å². The molecule has 3 N–H and O–H groups in total. The molecule has 4 rings (SSSR count). The van der Waals surface area contributed by atoms with E-state index in [-0.39, 0.29) is 12.1 Å². The van der Waals surface area contributed by atoms with Crippen LogP contribution in [0.2, 0.25) is 0 Å². The van der Waals surface area contributed by atoms with Gasteiger partial charge in [-0.05, 0) is 35.4 Å². The minimum atomic E-state index is -1.09. The highest BCUT2D eigenvalue weighted by Gasteiger charge is 2.24. The van der Waals surface area contributed by atoms with Gasteiger partial charge in [0.2, 0.25) is 0 Å². The number of para-hydroxylation sites is 1. The van der Waals surface area contributed by atoms with Crippen LogP contribution in [0.3, 0.4) is 0 Å². The van der Waals surface area contributed by atoms with Gasteiger partial charge in [-0.25, -0.2) is 4.68 Å². The topological polar surface area (TPSA) is 113 Å². The first-order chi connectivity index (χ1) is 16.5. The van der Waals surface area contributed by atoms with Gasteiger partial charge in [-0.1, -0.05) is 54.6 Å². The Morgan fingerprint density at radius 3 is 2.29 bits per heavy atom. The minimum Gasteiger partial charge on any atom is -0.496 e. The number of carbonyl (C=O) groups is 2. The van der Waals surface area contributed by atoms with E-state index in [9.17, 15) is 19.5 Å². The van der Waals surface area contributed by atoms with Gasteiger partial charge in [-0.3, -0.25) is 19.5 Å². The number of rotatable bonds is 8. The van der Waals surface area contributed by atoms with Crippen molar-refractivity contribution in [1.82, 2.24) is 15.1 Å². The van der Waals surface area contributed by atoms with E-state index in [2.05, 4.69) is 10.4 Å². The molecule has 0 aliphatic rings. The highest BCUT2D eigenvalue weighted by atomic mass is 16.5. The molecule has 1 amide bonds. The fraction of sp³-hybridized carbons (Fsp3) is 0.115. The van der Waals surface area contributed by atoms with Gasteiger partial charge < -0.3 is 15.2 Å². The van der Waals surface area contributed by atoms with E-state index in [0.717, 1.165) is 11.1 Å². The summed E-state index contributed by atoms with van der Waals surface area (Å²) in [5.41, 5.74) is 2.49. The number of carboxylic acid groups (broad SMARTS) is 1. The van der Waals surface area contributed by atoms with Crippen molar-refractivity contribution >= 4 is 11.9 Å². The molecule has 34 heavy (non-hydrogen) atoms. The molecule has 0 saturated carbocycles. The van der Waals surface area contributed by atoms with Crippen LogP contribution in [-0.4, -0.2) is 33.9 Å². The summed E-state index contributed by atoms with van der Waals surface area (Å²) in [4.78, 5) is 37.1. The number of aromatic nitrogens is 2. The van der Waals surface area contributed by atoms with Gasteiger partial charge in [-0.15, -0.1) is 0 Å². The highest BCUT2D eigenvalue weighted by Crippen LogP contribution is 2.32. The van der Waals surface area contributed by atoms with E-state index in [1.807, 2.05) is 42.5 Å². The van der Waals surface area contributed by atoms with Gasteiger partial charge in [0.1, 0.15) is 11.4 Å². The summed E-state index contributed by atoms with van der Waals surface area (Å²) in [7, 11) is 1.48. The number of aliphatic carboxylic acids is 1. The zero-order valence-corrected chi connectivity index (χ0v) is 18.4. The smallest absolute Gasteiger partial charge is 0.305 e.